The smallest absolute Gasteiger partial charge is 0.346 e. The lowest BCUT2D eigenvalue weighted by Crippen LogP contribution is -2.14. The summed E-state index contributed by atoms with van der Waals surface area (Å²) in [5.41, 5.74) is 5.39. The van der Waals surface area contributed by atoms with E-state index in [1.165, 1.54) is 6.20 Å². The van der Waals surface area contributed by atoms with E-state index in [0.717, 1.165) is 0 Å². The minimum atomic E-state index is -0.503. The maximum atomic E-state index is 10.5. The third-order valence-electron chi connectivity index (χ3n) is 1.23. The molecule has 11 heavy (non-hydrogen) atoms. The molecule has 5 heteroatoms. The first-order valence-electron chi connectivity index (χ1n) is 3.01. The Balaban J connectivity index is 3.08. The summed E-state index contributed by atoms with van der Waals surface area (Å²) in [6.45, 7) is 0. The highest BCUT2D eigenvalue weighted by molar-refractivity contribution is 5.58. The van der Waals surface area contributed by atoms with Crippen molar-refractivity contribution in [3.05, 3.63) is 22.2 Å². The number of nitrogens with two attached hydrogens (primary N) is 1. The fourth-order valence-corrected chi connectivity index (χ4v) is 0.686. The van der Waals surface area contributed by atoms with Gasteiger partial charge in [0.2, 0.25) is 0 Å². The van der Waals surface area contributed by atoms with Crippen molar-refractivity contribution in [1.82, 2.24) is 9.97 Å². The van der Waals surface area contributed by atoms with Gasteiger partial charge in [-0.3, -0.25) is 4.98 Å². The average Bonchev–Trinajstić information content (AvgIpc) is 1.95. The van der Waals surface area contributed by atoms with Crippen LogP contribution >= 0.6 is 0 Å². The van der Waals surface area contributed by atoms with Gasteiger partial charge in [0.1, 0.15) is 12.1 Å². The first kappa shape index (κ1) is 7.46. The van der Waals surface area contributed by atoms with E-state index < -0.39 is 5.69 Å². The van der Waals surface area contributed by atoms with Crippen LogP contribution in [-0.2, 0) is 11.2 Å². The zero-order valence-electron chi connectivity index (χ0n) is 5.70. The van der Waals surface area contributed by atoms with Gasteiger partial charge in [-0.1, -0.05) is 0 Å². The van der Waals surface area contributed by atoms with Crippen LogP contribution in [0.3, 0.4) is 0 Å². The molecule has 1 heterocycles. The lowest BCUT2D eigenvalue weighted by molar-refractivity contribution is -0.107. The topological polar surface area (TPSA) is 88.8 Å². The molecule has 5 nitrogen and oxygen atoms in total. The van der Waals surface area contributed by atoms with Gasteiger partial charge in [0, 0.05) is 18.2 Å². The van der Waals surface area contributed by atoms with Gasteiger partial charge in [-0.2, -0.15) is 0 Å². The quantitative estimate of drug-likeness (QED) is 0.538. The van der Waals surface area contributed by atoms with Crippen molar-refractivity contribution in [3.8, 4) is 0 Å². The second-order valence-corrected chi connectivity index (χ2v) is 2.00. The molecule has 0 aliphatic rings. The largest absolute Gasteiger partial charge is 0.385 e. The lowest BCUT2D eigenvalue weighted by Gasteiger charge is -1.97. The van der Waals surface area contributed by atoms with Crippen molar-refractivity contribution in [1.29, 1.82) is 0 Å². The number of carbonyl (C=O) groups excluding carboxylic acids is 1. The van der Waals surface area contributed by atoms with Crippen LogP contribution < -0.4 is 11.4 Å². The summed E-state index contributed by atoms with van der Waals surface area (Å²) in [6, 6.07) is 0. The summed E-state index contributed by atoms with van der Waals surface area (Å²) < 4.78 is 0. The van der Waals surface area contributed by atoms with E-state index in [-0.39, 0.29) is 12.2 Å². The van der Waals surface area contributed by atoms with Crippen molar-refractivity contribution in [2.24, 2.45) is 0 Å². The highest BCUT2D eigenvalue weighted by atomic mass is 16.1. The molecular formula is C6H7N3O2. The van der Waals surface area contributed by atoms with E-state index >= 15 is 0 Å². The zero-order chi connectivity index (χ0) is 8.27. The van der Waals surface area contributed by atoms with Crippen molar-refractivity contribution in [2.75, 3.05) is 5.73 Å². The van der Waals surface area contributed by atoms with E-state index in [1.54, 1.807) is 0 Å². The predicted octanol–water partition coefficient (Wildman–Crippen LogP) is -0.907. The van der Waals surface area contributed by atoms with Crippen LogP contribution in [0.15, 0.2) is 11.0 Å². The van der Waals surface area contributed by atoms with E-state index in [2.05, 4.69) is 9.97 Å². The second kappa shape index (κ2) is 2.96. The summed E-state index contributed by atoms with van der Waals surface area (Å²) in [5, 5.41) is 0. The highest BCUT2D eigenvalue weighted by Crippen LogP contribution is 2.01. The molecule has 0 unspecified atom stereocenters. The molecule has 0 fully saturated rings. The molecule has 3 N–H and O–H groups in total. The Morgan fingerprint density at radius 3 is 3.00 bits per heavy atom. The van der Waals surface area contributed by atoms with Crippen LogP contribution in [0.25, 0.3) is 0 Å². The highest BCUT2D eigenvalue weighted by Gasteiger charge is 1.98. The van der Waals surface area contributed by atoms with Crippen LogP contribution in [0.5, 0.6) is 0 Å². The Hall–Kier alpha value is -1.65. The van der Waals surface area contributed by atoms with E-state index in [1.807, 2.05) is 0 Å². The van der Waals surface area contributed by atoms with Crippen LogP contribution in [0.1, 0.15) is 5.56 Å². The number of hydrogen-bond donors (Lipinski definition) is 2. The van der Waals surface area contributed by atoms with Gasteiger partial charge >= 0.3 is 5.69 Å². The Morgan fingerprint density at radius 1 is 1.73 bits per heavy atom. The van der Waals surface area contributed by atoms with Gasteiger partial charge < -0.3 is 10.5 Å². The maximum absolute atomic E-state index is 10.5. The third-order valence-corrected chi connectivity index (χ3v) is 1.23. The van der Waals surface area contributed by atoms with Gasteiger partial charge in [0.15, 0.2) is 0 Å². The fourth-order valence-electron chi connectivity index (χ4n) is 0.686. The number of nitrogens with one attached hydrogen (secondary N) is 1. The molecule has 58 valence electrons. The Bertz CT molecular complexity index is 318. The van der Waals surface area contributed by atoms with E-state index in [9.17, 15) is 9.59 Å². The molecule has 0 aliphatic heterocycles. The molecule has 0 aliphatic carbocycles. The lowest BCUT2D eigenvalue weighted by atomic mass is 10.2. The van der Waals surface area contributed by atoms with Crippen LogP contribution in [0, 0.1) is 0 Å². The number of anilines is 1. The van der Waals surface area contributed by atoms with Crippen LogP contribution in [-0.4, -0.2) is 16.3 Å². The Kier molecular flexibility index (Phi) is 2.00. The number of aromatic amines is 1. The van der Waals surface area contributed by atoms with Gasteiger partial charge in [0.25, 0.3) is 0 Å². The molecule has 0 radical (unpaired) electrons. The molecule has 0 amide bonds. The summed E-state index contributed by atoms with van der Waals surface area (Å²) in [4.78, 5) is 26.2. The molecule has 0 saturated heterocycles. The number of rotatable bonds is 2. The monoisotopic (exact) mass is 153 g/mol. The number of hydrogen-bond acceptors (Lipinski definition) is 4. The predicted molar refractivity (Wildman–Crippen MR) is 39.0 cm³/mol. The number of H-pyrrole nitrogens is 1. The first-order chi connectivity index (χ1) is 5.24. The number of nitrogen functional groups attached to an aromatic ring is 1. The summed E-state index contributed by atoms with van der Waals surface area (Å²) in [6.07, 6.45) is 2.17. The van der Waals surface area contributed by atoms with Crippen molar-refractivity contribution in [2.45, 2.75) is 6.42 Å². The number of nitrogens with zero attached hydrogens (tertiary/aromatic N) is 1. The second-order valence-electron chi connectivity index (χ2n) is 2.00. The van der Waals surface area contributed by atoms with Gasteiger partial charge in [0.05, 0.1) is 0 Å². The summed E-state index contributed by atoms with van der Waals surface area (Å²) in [7, 11) is 0. The van der Waals surface area contributed by atoms with Gasteiger partial charge in [-0.15, -0.1) is 0 Å². The standard InChI is InChI=1S/C6H7N3O2/c7-5-4(1-2-10)3-8-6(11)9-5/h2-3H,1H2,(H3,7,8,9,11). The molecule has 0 spiro atoms. The molecular weight excluding hydrogens is 146 g/mol. The summed E-state index contributed by atoms with van der Waals surface area (Å²) in [5.74, 6) is 0.206. The van der Waals surface area contributed by atoms with Gasteiger partial charge in [-0.25, -0.2) is 9.78 Å². The zero-order valence-corrected chi connectivity index (χ0v) is 5.70. The molecule has 1 aromatic rings. The fraction of sp³-hybridized carbons (Fsp3) is 0.167. The normalized spacial score (nSPS) is 9.45. The van der Waals surface area contributed by atoms with E-state index in [0.29, 0.717) is 11.8 Å². The minimum Gasteiger partial charge on any atom is -0.385 e. The van der Waals surface area contributed by atoms with Crippen molar-refractivity contribution < 1.29 is 4.79 Å². The average molecular weight is 153 g/mol. The van der Waals surface area contributed by atoms with Crippen molar-refractivity contribution in [3.63, 3.8) is 0 Å². The maximum Gasteiger partial charge on any atom is 0.346 e. The molecule has 0 atom stereocenters. The molecule has 1 rings (SSSR count). The SMILES string of the molecule is Nc1[nH]c(=O)ncc1CC=O. The number of aromatic nitrogens is 2. The van der Waals surface area contributed by atoms with E-state index in [4.69, 9.17) is 5.73 Å². The molecule has 0 aromatic carbocycles. The minimum absolute atomic E-state index is 0.176. The number of carbonyl (C=O) groups is 1. The van der Waals surface area contributed by atoms with Crippen molar-refractivity contribution >= 4 is 12.1 Å². The third kappa shape index (κ3) is 1.64. The Morgan fingerprint density at radius 2 is 2.45 bits per heavy atom. The molecule has 1 aromatic heterocycles. The molecule has 0 bridgehead atoms. The van der Waals surface area contributed by atoms with Gasteiger partial charge in [-0.05, 0) is 0 Å². The Labute approximate surface area is 62.3 Å². The summed E-state index contributed by atoms with van der Waals surface area (Å²) >= 11 is 0. The van der Waals surface area contributed by atoms with Crippen LogP contribution in [0.2, 0.25) is 0 Å². The number of aldehydes is 1. The molecule has 0 saturated carbocycles. The van der Waals surface area contributed by atoms with Crippen LogP contribution in [0.4, 0.5) is 5.82 Å². The first-order valence-corrected chi connectivity index (χ1v) is 3.01.